The fraction of sp³-hybridized carbons (Fsp3) is 0.957. The fourth-order valence-corrected chi connectivity index (χ4v) is 9.50. The second kappa shape index (κ2) is 19.8. The maximum atomic E-state index is 9.41. The summed E-state index contributed by atoms with van der Waals surface area (Å²) >= 11 is 11.4. The largest absolute Gasteiger partial charge is 0.396 e. The molecule has 0 amide bonds. The maximum absolute atomic E-state index is 9.41. The van der Waals surface area contributed by atoms with Crippen LogP contribution in [0, 0.1) is 17.8 Å². The second-order valence-corrected chi connectivity index (χ2v) is 19.0. The minimum atomic E-state index is -2.42. The number of thiol groups is 1. The van der Waals surface area contributed by atoms with Crippen molar-refractivity contribution in [2.24, 2.45) is 17.8 Å². The van der Waals surface area contributed by atoms with Gasteiger partial charge >= 0.3 is 17.1 Å². The van der Waals surface area contributed by atoms with Crippen LogP contribution in [0.4, 0.5) is 0 Å². The van der Waals surface area contributed by atoms with Gasteiger partial charge in [0, 0.05) is 77.2 Å². The Bertz CT molecular complexity index is 569. The molecule has 0 aliphatic carbocycles. The van der Waals surface area contributed by atoms with Crippen LogP contribution in [0.5, 0.6) is 0 Å². The molecule has 5 unspecified atom stereocenters. The maximum Gasteiger partial charge on any atom is 0.334 e. The number of nitrogens with zero attached hydrogens (tertiary/aromatic N) is 1. The zero-order valence-electron chi connectivity index (χ0n) is 23.0. The molecule has 0 spiro atoms. The zero-order chi connectivity index (χ0) is 26.9. The number of aliphatic hydroxyl groups excluding tert-OH is 2. The van der Waals surface area contributed by atoms with E-state index in [9.17, 15) is 10.2 Å². The van der Waals surface area contributed by atoms with Crippen molar-refractivity contribution >= 4 is 58.1 Å². The molecule has 35 heavy (non-hydrogen) atoms. The van der Waals surface area contributed by atoms with Crippen molar-refractivity contribution in [3.8, 4) is 0 Å². The third-order valence-electron chi connectivity index (χ3n) is 5.47. The van der Waals surface area contributed by atoms with E-state index < -0.39 is 17.1 Å². The van der Waals surface area contributed by atoms with Crippen LogP contribution in [0.1, 0.15) is 33.6 Å². The monoisotopic (exact) mass is 589 g/mol. The summed E-state index contributed by atoms with van der Waals surface area (Å²) in [5, 5.41) is 18.7. The van der Waals surface area contributed by atoms with Crippen molar-refractivity contribution < 1.29 is 27.9 Å². The summed E-state index contributed by atoms with van der Waals surface area (Å²) in [6.45, 7) is 12.6. The number of thiocarbonyl (C=S) groups is 1. The van der Waals surface area contributed by atoms with E-state index in [-0.39, 0.29) is 31.0 Å². The van der Waals surface area contributed by atoms with E-state index >= 15 is 0 Å². The lowest BCUT2D eigenvalue weighted by molar-refractivity contribution is 0.0871. The molecule has 0 aromatic carbocycles. The van der Waals surface area contributed by atoms with E-state index in [0.29, 0.717) is 26.4 Å². The lowest BCUT2D eigenvalue weighted by Gasteiger charge is -2.32. The molecule has 0 aromatic heterocycles. The molecule has 2 N–H and O–H groups in total. The Morgan fingerprint density at radius 3 is 1.60 bits per heavy atom. The van der Waals surface area contributed by atoms with Gasteiger partial charge in [-0.25, -0.2) is 0 Å². The summed E-state index contributed by atoms with van der Waals surface area (Å²) < 4.78 is 26.1. The van der Waals surface area contributed by atoms with Crippen LogP contribution in [0.25, 0.3) is 0 Å². The van der Waals surface area contributed by atoms with Gasteiger partial charge in [0.05, 0.1) is 0 Å². The van der Waals surface area contributed by atoms with Gasteiger partial charge in [0.15, 0.2) is 0 Å². The Balaban J connectivity index is 4.85. The summed E-state index contributed by atoms with van der Waals surface area (Å²) in [6, 6.07) is 1.75. The third-order valence-corrected chi connectivity index (χ3v) is 13.2. The molecular formula is C23H51NO6S3Si2. The standard InChI is InChI=1S/C23H51NO6S3Si2/c1-20(14-25)16-27-34(6,12-8-10-31)29-18-22(3)19-30-35(7,28-17-21(2)15-26)13-9-11-33-23(32)24(4)5/h20-22,25-26,31H,8-19H2,1-7H3. The molecular weight excluding hydrogens is 539 g/mol. The predicted molar refractivity (Wildman–Crippen MR) is 160 cm³/mol. The SMILES string of the molecule is CC(CO)CO[Si](C)(CCCS)OCC(C)CO[Si](C)(CCCSC(=S)N(C)C)OCC(C)CO. The minimum Gasteiger partial charge on any atom is -0.396 e. The van der Waals surface area contributed by atoms with Crippen molar-refractivity contribution in [2.45, 2.75) is 58.8 Å². The van der Waals surface area contributed by atoms with Crippen LogP contribution < -0.4 is 0 Å². The highest BCUT2D eigenvalue weighted by atomic mass is 32.2. The third kappa shape index (κ3) is 17.8. The van der Waals surface area contributed by atoms with Crippen molar-refractivity contribution in [3.05, 3.63) is 0 Å². The molecule has 7 nitrogen and oxygen atoms in total. The normalized spacial score (nSPS) is 17.9. The molecule has 0 saturated carbocycles. The van der Waals surface area contributed by atoms with Crippen molar-refractivity contribution in [3.63, 3.8) is 0 Å². The van der Waals surface area contributed by atoms with Crippen molar-refractivity contribution in [1.82, 2.24) is 4.90 Å². The second-order valence-electron chi connectivity index (χ2n) is 10.1. The Kier molecular flexibility index (Phi) is 20.2. The molecule has 0 rings (SSSR count). The summed E-state index contributed by atoms with van der Waals surface area (Å²) in [4.78, 5) is 1.95. The summed E-state index contributed by atoms with van der Waals surface area (Å²) in [5.74, 6) is 2.10. The summed E-state index contributed by atoms with van der Waals surface area (Å²) in [7, 11) is -0.840. The highest BCUT2D eigenvalue weighted by Gasteiger charge is 2.34. The van der Waals surface area contributed by atoms with Crippen LogP contribution in [0.3, 0.4) is 0 Å². The highest BCUT2D eigenvalue weighted by Crippen LogP contribution is 2.23. The van der Waals surface area contributed by atoms with Crippen LogP contribution in [-0.4, -0.2) is 102 Å². The Hall–Kier alpha value is 0.784. The molecule has 0 radical (unpaired) electrons. The van der Waals surface area contributed by atoms with E-state index in [1.54, 1.807) is 11.8 Å². The first kappa shape index (κ1) is 35.8. The molecule has 0 aliphatic rings. The van der Waals surface area contributed by atoms with Gasteiger partial charge in [0.2, 0.25) is 0 Å². The minimum absolute atomic E-state index is 0.0823. The lowest BCUT2D eigenvalue weighted by Crippen LogP contribution is -2.43. The van der Waals surface area contributed by atoms with Crippen LogP contribution in [-0.2, 0) is 17.7 Å². The first-order chi connectivity index (χ1) is 16.4. The van der Waals surface area contributed by atoms with Crippen LogP contribution in [0.15, 0.2) is 0 Å². The van der Waals surface area contributed by atoms with E-state index in [1.807, 2.05) is 32.8 Å². The first-order valence-electron chi connectivity index (χ1n) is 12.6. The molecule has 210 valence electrons. The van der Waals surface area contributed by atoms with Gasteiger partial charge in [0.1, 0.15) is 4.32 Å². The van der Waals surface area contributed by atoms with E-state index in [1.165, 1.54) is 0 Å². The average molecular weight is 590 g/mol. The van der Waals surface area contributed by atoms with Gasteiger partial charge in [0.25, 0.3) is 0 Å². The van der Waals surface area contributed by atoms with Gasteiger partial charge in [-0.2, -0.15) is 12.6 Å². The Labute approximate surface area is 231 Å². The molecule has 5 atom stereocenters. The Morgan fingerprint density at radius 1 is 0.829 bits per heavy atom. The van der Waals surface area contributed by atoms with Gasteiger partial charge in [-0.05, 0) is 43.8 Å². The smallest absolute Gasteiger partial charge is 0.334 e. The van der Waals surface area contributed by atoms with Crippen LogP contribution in [0.2, 0.25) is 25.2 Å². The molecule has 0 aromatic rings. The van der Waals surface area contributed by atoms with Crippen molar-refractivity contribution in [2.75, 3.05) is 65.2 Å². The number of hydrogen-bond acceptors (Lipinski definition) is 9. The molecule has 12 heteroatoms. The molecule has 0 bridgehead atoms. The number of thioether (sulfide) groups is 1. The summed E-state index contributed by atoms with van der Waals surface area (Å²) in [5.41, 5.74) is 0. The van der Waals surface area contributed by atoms with Gasteiger partial charge < -0.3 is 32.8 Å². The molecule has 0 heterocycles. The van der Waals surface area contributed by atoms with E-state index in [2.05, 4.69) is 32.6 Å². The fourth-order valence-electron chi connectivity index (χ4n) is 2.88. The van der Waals surface area contributed by atoms with Crippen LogP contribution >= 0.6 is 36.6 Å². The highest BCUT2D eigenvalue weighted by molar-refractivity contribution is 8.22. The van der Waals surface area contributed by atoms with E-state index in [4.69, 9.17) is 29.9 Å². The molecule has 0 saturated heterocycles. The topological polar surface area (TPSA) is 80.6 Å². The number of aliphatic hydroxyl groups is 2. The molecule has 0 fully saturated rings. The first-order valence-corrected chi connectivity index (χ1v) is 19.7. The average Bonchev–Trinajstić information content (AvgIpc) is 2.84. The van der Waals surface area contributed by atoms with Gasteiger partial charge in [-0.3, -0.25) is 0 Å². The van der Waals surface area contributed by atoms with Gasteiger partial charge in [-0.15, -0.1) is 0 Å². The van der Waals surface area contributed by atoms with E-state index in [0.717, 1.165) is 40.8 Å². The molecule has 0 aliphatic heterocycles. The summed E-state index contributed by atoms with van der Waals surface area (Å²) in [6.07, 6.45) is 1.91. The predicted octanol–water partition coefficient (Wildman–Crippen LogP) is 4.38. The number of hydrogen-bond donors (Lipinski definition) is 3. The quantitative estimate of drug-likeness (QED) is 0.0782. The van der Waals surface area contributed by atoms with Gasteiger partial charge in [-0.1, -0.05) is 44.8 Å². The lowest BCUT2D eigenvalue weighted by atomic mass is 10.2. The Morgan fingerprint density at radius 2 is 1.23 bits per heavy atom. The van der Waals surface area contributed by atoms with Crippen molar-refractivity contribution in [1.29, 1.82) is 0 Å². The number of rotatable bonds is 21. The zero-order valence-corrected chi connectivity index (χ0v) is 27.5.